The number of fused-ring (bicyclic) bond motifs is 1. The molecule has 202 valence electrons. The number of carbonyl (C=O) groups excluding carboxylic acids is 2. The molecule has 6 rings (SSSR count). The number of hydrogen-bond donors (Lipinski definition) is 2. The molecule has 1 aromatic heterocycles. The Morgan fingerprint density at radius 1 is 1.03 bits per heavy atom. The number of ether oxygens (including phenoxy) is 1. The SMILES string of the molecule is COc1cccc(-c2cccc3c2/C(=C/c2[nH]c(C)c(C(=O)N4CCC(N5CCCC5)CC4)c2C)C(=O)N3)c1. The normalized spacial score (nSPS) is 19.0. The predicted octanol–water partition coefficient (Wildman–Crippen LogP) is 5.50. The number of benzene rings is 2. The quantitative estimate of drug-likeness (QED) is 0.432. The highest BCUT2D eigenvalue weighted by Gasteiger charge is 2.32. The van der Waals surface area contributed by atoms with Crippen molar-refractivity contribution in [2.75, 3.05) is 38.6 Å². The van der Waals surface area contributed by atoms with Gasteiger partial charge >= 0.3 is 0 Å². The number of nitrogens with zero attached hydrogens (tertiary/aromatic N) is 2. The molecule has 3 aromatic rings. The lowest BCUT2D eigenvalue weighted by Gasteiger charge is -2.36. The molecule has 3 aliphatic heterocycles. The molecule has 3 aliphatic rings. The van der Waals surface area contributed by atoms with Crippen molar-refractivity contribution in [1.82, 2.24) is 14.8 Å². The summed E-state index contributed by atoms with van der Waals surface area (Å²) in [7, 11) is 1.65. The van der Waals surface area contributed by atoms with E-state index in [1.54, 1.807) is 7.11 Å². The highest BCUT2D eigenvalue weighted by Crippen LogP contribution is 2.41. The Hall–Kier alpha value is -3.84. The molecule has 7 heteroatoms. The lowest BCUT2D eigenvalue weighted by atomic mass is 9.94. The number of amides is 2. The van der Waals surface area contributed by atoms with Crippen LogP contribution >= 0.6 is 0 Å². The molecule has 2 fully saturated rings. The number of piperidine rings is 1. The van der Waals surface area contributed by atoms with Crippen LogP contribution in [-0.2, 0) is 4.79 Å². The first-order valence-corrected chi connectivity index (χ1v) is 14.0. The van der Waals surface area contributed by atoms with Gasteiger partial charge in [0.1, 0.15) is 5.75 Å². The average molecular weight is 525 g/mol. The van der Waals surface area contributed by atoms with Crippen LogP contribution in [0.2, 0.25) is 0 Å². The molecular formula is C32H36N4O3. The topological polar surface area (TPSA) is 77.7 Å². The summed E-state index contributed by atoms with van der Waals surface area (Å²) in [5.41, 5.74) is 7.39. The van der Waals surface area contributed by atoms with Crippen LogP contribution in [-0.4, -0.2) is 65.9 Å². The zero-order valence-electron chi connectivity index (χ0n) is 23.0. The monoisotopic (exact) mass is 524 g/mol. The average Bonchev–Trinajstić information content (AvgIpc) is 3.67. The molecule has 0 atom stereocenters. The maximum Gasteiger partial charge on any atom is 0.256 e. The van der Waals surface area contributed by atoms with Gasteiger partial charge in [-0.15, -0.1) is 0 Å². The van der Waals surface area contributed by atoms with E-state index in [0.717, 1.165) is 76.6 Å². The fourth-order valence-corrected chi connectivity index (χ4v) is 6.50. The number of H-pyrrole nitrogens is 1. The van der Waals surface area contributed by atoms with Crippen LogP contribution in [0, 0.1) is 13.8 Å². The first-order valence-electron chi connectivity index (χ1n) is 14.0. The minimum atomic E-state index is -0.149. The maximum absolute atomic E-state index is 13.7. The van der Waals surface area contributed by atoms with Crippen LogP contribution in [0.25, 0.3) is 22.8 Å². The molecule has 0 unspecified atom stereocenters. The molecule has 7 nitrogen and oxygen atoms in total. The number of hydrogen-bond acceptors (Lipinski definition) is 4. The van der Waals surface area contributed by atoms with Gasteiger partial charge in [0.15, 0.2) is 0 Å². The van der Waals surface area contributed by atoms with E-state index < -0.39 is 0 Å². The van der Waals surface area contributed by atoms with Gasteiger partial charge in [-0.25, -0.2) is 0 Å². The van der Waals surface area contributed by atoms with Gasteiger partial charge in [0.2, 0.25) is 0 Å². The molecular weight excluding hydrogens is 488 g/mol. The van der Waals surface area contributed by atoms with Crippen molar-refractivity contribution >= 4 is 29.2 Å². The molecule has 0 radical (unpaired) electrons. The van der Waals surface area contributed by atoms with E-state index in [-0.39, 0.29) is 11.8 Å². The number of methoxy groups -OCH3 is 1. The Morgan fingerprint density at radius 2 is 1.77 bits per heavy atom. The largest absolute Gasteiger partial charge is 0.497 e. The minimum absolute atomic E-state index is 0.0825. The van der Waals surface area contributed by atoms with Gasteiger partial charge in [-0.2, -0.15) is 0 Å². The van der Waals surface area contributed by atoms with Crippen molar-refractivity contribution in [1.29, 1.82) is 0 Å². The maximum atomic E-state index is 13.7. The molecule has 39 heavy (non-hydrogen) atoms. The van der Waals surface area contributed by atoms with E-state index in [1.165, 1.54) is 25.9 Å². The fraction of sp³-hybridized carbons (Fsp3) is 0.375. The molecule has 4 heterocycles. The second kappa shape index (κ2) is 10.4. The summed E-state index contributed by atoms with van der Waals surface area (Å²) in [6.45, 7) is 7.90. The number of aromatic amines is 1. The third-order valence-corrected chi connectivity index (χ3v) is 8.59. The first kappa shape index (κ1) is 25.4. The van der Waals surface area contributed by atoms with Crippen molar-refractivity contribution < 1.29 is 14.3 Å². The van der Waals surface area contributed by atoms with Crippen molar-refractivity contribution in [3.05, 3.63) is 70.5 Å². The Morgan fingerprint density at radius 3 is 2.51 bits per heavy atom. The van der Waals surface area contributed by atoms with E-state index in [4.69, 9.17) is 4.74 Å². The molecule has 0 saturated carbocycles. The number of aromatic nitrogens is 1. The Bertz CT molecular complexity index is 1460. The number of nitrogens with one attached hydrogen (secondary N) is 2. The summed E-state index contributed by atoms with van der Waals surface area (Å²) in [5.74, 6) is 0.694. The zero-order chi connectivity index (χ0) is 27.1. The van der Waals surface area contributed by atoms with Crippen molar-refractivity contribution in [2.45, 2.75) is 45.6 Å². The van der Waals surface area contributed by atoms with Gasteiger partial charge in [0, 0.05) is 41.8 Å². The zero-order valence-corrected chi connectivity index (χ0v) is 23.0. The number of likely N-dealkylation sites (tertiary alicyclic amines) is 2. The van der Waals surface area contributed by atoms with E-state index >= 15 is 0 Å². The summed E-state index contributed by atoms with van der Waals surface area (Å²) in [5, 5.41) is 3.02. The Labute approximate surface area is 229 Å². The Kier molecular flexibility index (Phi) is 6.77. The fourth-order valence-electron chi connectivity index (χ4n) is 6.50. The van der Waals surface area contributed by atoms with Gasteiger partial charge in [-0.1, -0.05) is 24.3 Å². The van der Waals surface area contributed by atoms with Crippen molar-refractivity contribution in [3.8, 4) is 16.9 Å². The molecule has 0 spiro atoms. The first-order chi connectivity index (χ1) is 18.9. The molecule has 2 N–H and O–H groups in total. The van der Waals surface area contributed by atoms with E-state index in [9.17, 15) is 9.59 Å². The van der Waals surface area contributed by atoms with E-state index in [1.807, 2.05) is 67.3 Å². The molecule has 2 saturated heterocycles. The lowest BCUT2D eigenvalue weighted by molar-refractivity contribution is -0.110. The third-order valence-electron chi connectivity index (χ3n) is 8.59. The van der Waals surface area contributed by atoms with E-state index in [0.29, 0.717) is 11.6 Å². The number of rotatable bonds is 5. The minimum Gasteiger partial charge on any atom is -0.497 e. The van der Waals surface area contributed by atoms with Gasteiger partial charge in [0.05, 0.1) is 18.2 Å². The highest BCUT2D eigenvalue weighted by atomic mass is 16.5. The highest BCUT2D eigenvalue weighted by molar-refractivity contribution is 6.36. The number of anilines is 1. The number of carbonyl (C=O) groups is 2. The molecule has 0 bridgehead atoms. The smallest absolute Gasteiger partial charge is 0.256 e. The van der Waals surface area contributed by atoms with Crippen molar-refractivity contribution in [2.24, 2.45) is 0 Å². The Balaban J connectivity index is 1.30. The predicted molar refractivity (Wildman–Crippen MR) is 155 cm³/mol. The second-order valence-corrected chi connectivity index (χ2v) is 10.9. The molecule has 0 aliphatic carbocycles. The summed E-state index contributed by atoms with van der Waals surface area (Å²) in [4.78, 5) is 34.8. The number of aryl methyl sites for hydroxylation is 1. The van der Waals surface area contributed by atoms with Gasteiger partial charge in [0.25, 0.3) is 11.8 Å². The summed E-state index contributed by atoms with van der Waals surface area (Å²) >= 11 is 0. The summed E-state index contributed by atoms with van der Waals surface area (Å²) < 4.78 is 5.43. The summed E-state index contributed by atoms with van der Waals surface area (Å²) in [6.07, 6.45) is 6.55. The van der Waals surface area contributed by atoms with Gasteiger partial charge in [-0.05, 0) is 93.6 Å². The summed E-state index contributed by atoms with van der Waals surface area (Å²) in [6, 6.07) is 14.3. The van der Waals surface area contributed by atoms with Crippen LogP contribution in [0.4, 0.5) is 5.69 Å². The third kappa shape index (κ3) is 4.65. The van der Waals surface area contributed by atoms with Gasteiger partial charge < -0.3 is 24.8 Å². The molecule has 2 amide bonds. The van der Waals surface area contributed by atoms with Crippen LogP contribution in [0.3, 0.4) is 0 Å². The van der Waals surface area contributed by atoms with Crippen LogP contribution < -0.4 is 10.1 Å². The van der Waals surface area contributed by atoms with Crippen LogP contribution in [0.15, 0.2) is 42.5 Å². The van der Waals surface area contributed by atoms with Crippen LogP contribution in [0.5, 0.6) is 5.75 Å². The van der Waals surface area contributed by atoms with Crippen molar-refractivity contribution in [3.63, 3.8) is 0 Å². The lowest BCUT2D eigenvalue weighted by Crippen LogP contribution is -2.46. The van der Waals surface area contributed by atoms with Gasteiger partial charge in [-0.3, -0.25) is 9.59 Å². The molecule has 2 aromatic carbocycles. The second-order valence-electron chi connectivity index (χ2n) is 10.9. The standard InChI is InChI=1S/C32H36N4O3/c1-20-28(33-21(2)29(20)32(38)36-16-12-23(13-17-36)35-14-4-5-15-35)19-26-30-25(10-7-11-27(30)34-31(26)37)22-8-6-9-24(18-22)39-3/h6-11,18-19,23,33H,4-5,12-17H2,1-3H3,(H,34,37)/b26-19-. The van der Waals surface area contributed by atoms with Crippen LogP contribution in [0.1, 0.15) is 58.6 Å². The van der Waals surface area contributed by atoms with E-state index in [2.05, 4.69) is 15.2 Å².